The molecule has 0 radical (unpaired) electrons. The van der Waals surface area contributed by atoms with Gasteiger partial charge in [0.05, 0.1) is 0 Å². The highest BCUT2D eigenvalue weighted by atomic mass is 16.2. The minimum atomic E-state index is 0.336. The van der Waals surface area contributed by atoms with Crippen LogP contribution in [0.5, 0.6) is 0 Å². The van der Waals surface area contributed by atoms with Gasteiger partial charge in [-0.3, -0.25) is 0 Å². The van der Waals surface area contributed by atoms with Crippen molar-refractivity contribution in [3.05, 3.63) is 0 Å². The molecule has 1 fully saturated rings. The van der Waals surface area contributed by atoms with Crippen LogP contribution in [0, 0.1) is 11.3 Å². The van der Waals surface area contributed by atoms with E-state index in [-0.39, 0.29) is 0 Å². The van der Waals surface area contributed by atoms with Crippen molar-refractivity contribution >= 4 is 0 Å². The summed E-state index contributed by atoms with van der Waals surface area (Å²) in [5, 5.41) is 12.5. The van der Waals surface area contributed by atoms with E-state index < -0.39 is 0 Å². The zero-order valence-corrected chi connectivity index (χ0v) is 13.4. The van der Waals surface area contributed by atoms with Gasteiger partial charge in [0.2, 0.25) is 0 Å². The molecule has 0 bridgehead atoms. The van der Waals surface area contributed by atoms with Crippen LogP contribution in [0.3, 0.4) is 0 Å². The Morgan fingerprint density at radius 3 is 2.63 bits per heavy atom. The van der Waals surface area contributed by atoms with Gasteiger partial charge in [-0.25, -0.2) is 0 Å². The van der Waals surface area contributed by atoms with Crippen LogP contribution in [-0.4, -0.2) is 49.3 Å². The molecule has 1 saturated carbocycles. The Morgan fingerprint density at radius 1 is 1.26 bits per heavy atom. The van der Waals surface area contributed by atoms with E-state index in [1.165, 1.54) is 25.8 Å². The van der Waals surface area contributed by atoms with Crippen LogP contribution in [0.25, 0.3) is 0 Å². The largest absolute Gasteiger partial charge is 0.396 e. The molecule has 0 spiro atoms. The predicted molar refractivity (Wildman–Crippen MR) is 82.4 cm³/mol. The third kappa shape index (κ3) is 5.41. The summed E-state index contributed by atoms with van der Waals surface area (Å²) < 4.78 is 0. The summed E-state index contributed by atoms with van der Waals surface area (Å²) >= 11 is 0. The average molecular weight is 270 g/mol. The van der Waals surface area contributed by atoms with Crippen molar-refractivity contribution in [2.75, 3.05) is 33.3 Å². The fraction of sp³-hybridized carbons (Fsp3) is 1.00. The van der Waals surface area contributed by atoms with E-state index in [0.717, 1.165) is 31.8 Å². The first-order chi connectivity index (χ1) is 9.01. The molecule has 2 unspecified atom stereocenters. The van der Waals surface area contributed by atoms with Crippen molar-refractivity contribution in [3.8, 4) is 0 Å². The third-order valence-electron chi connectivity index (χ3n) is 4.64. The van der Waals surface area contributed by atoms with Crippen LogP contribution in [0.1, 0.15) is 52.9 Å². The minimum absolute atomic E-state index is 0.336. The summed E-state index contributed by atoms with van der Waals surface area (Å²) in [5.41, 5.74) is 0.443. The number of rotatable bonds is 9. The molecule has 0 aromatic heterocycles. The van der Waals surface area contributed by atoms with Crippen molar-refractivity contribution < 1.29 is 5.11 Å². The lowest BCUT2D eigenvalue weighted by Crippen LogP contribution is -2.45. The molecule has 2 atom stereocenters. The Labute approximate surface area is 119 Å². The van der Waals surface area contributed by atoms with Crippen molar-refractivity contribution in [1.82, 2.24) is 10.2 Å². The Morgan fingerprint density at radius 2 is 2.00 bits per heavy atom. The first-order valence-corrected chi connectivity index (χ1v) is 8.04. The summed E-state index contributed by atoms with van der Waals surface area (Å²) in [6.45, 7) is 10.8. The smallest absolute Gasteiger partial charge is 0.0431 e. The van der Waals surface area contributed by atoms with E-state index in [1.54, 1.807) is 0 Å². The number of hydrogen-bond acceptors (Lipinski definition) is 3. The van der Waals surface area contributed by atoms with Crippen LogP contribution in [0.4, 0.5) is 0 Å². The van der Waals surface area contributed by atoms with Gasteiger partial charge in [0.15, 0.2) is 0 Å². The maximum absolute atomic E-state index is 8.79. The molecule has 3 nitrogen and oxygen atoms in total. The number of hydrogen-bond donors (Lipinski definition) is 2. The summed E-state index contributed by atoms with van der Waals surface area (Å²) in [6.07, 6.45) is 6.00. The van der Waals surface area contributed by atoms with E-state index in [2.05, 4.69) is 38.0 Å². The molecular formula is C16H34N2O. The van der Waals surface area contributed by atoms with Gasteiger partial charge in [-0.2, -0.15) is 0 Å². The van der Waals surface area contributed by atoms with E-state index >= 15 is 0 Å². The van der Waals surface area contributed by atoms with Gasteiger partial charge in [0.25, 0.3) is 0 Å². The standard InChI is InChI=1S/C16H34N2O/c1-5-17-15-14(9-10-16(15,2)3)13-18(4)11-7-6-8-12-19/h14-15,17,19H,5-13H2,1-4H3. The fourth-order valence-corrected chi connectivity index (χ4v) is 3.54. The van der Waals surface area contributed by atoms with Crippen molar-refractivity contribution in [1.29, 1.82) is 0 Å². The molecule has 0 aromatic carbocycles. The third-order valence-corrected chi connectivity index (χ3v) is 4.64. The topological polar surface area (TPSA) is 35.5 Å². The molecule has 0 amide bonds. The maximum Gasteiger partial charge on any atom is 0.0431 e. The number of aliphatic hydroxyl groups is 1. The van der Waals surface area contributed by atoms with E-state index in [1.807, 2.05) is 0 Å². The van der Waals surface area contributed by atoms with E-state index in [0.29, 0.717) is 18.1 Å². The van der Waals surface area contributed by atoms with Crippen molar-refractivity contribution in [2.24, 2.45) is 11.3 Å². The second-order valence-corrected chi connectivity index (χ2v) is 6.87. The highest BCUT2D eigenvalue weighted by Gasteiger charge is 2.41. The average Bonchev–Trinajstić information content (AvgIpc) is 2.63. The number of nitrogens with zero attached hydrogens (tertiary/aromatic N) is 1. The van der Waals surface area contributed by atoms with Crippen LogP contribution < -0.4 is 5.32 Å². The Hall–Kier alpha value is -0.120. The Bertz CT molecular complexity index is 243. The summed E-state index contributed by atoms with van der Waals surface area (Å²) in [6, 6.07) is 0.664. The quantitative estimate of drug-likeness (QED) is 0.632. The molecule has 1 aliphatic rings. The summed E-state index contributed by atoms with van der Waals surface area (Å²) in [4.78, 5) is 2.48. The Kier molecular flexibility index (Phi) is 7.33. The molecule has 3 heteroatoms. The first kappa shape index (κ1) is 16.9. The number of aliphatic hydroxyl groups excluding tert-OH is 1. The van der Waals surface area contributed by atoms with Gasteiger partial charge in [-0.1, -0.05) is 20.8 Å². The number of unbranched alkanes of at least 4 members (excludes halogenated alkanes) is 2. The normalized spacial score (nSPS) is 26.2. The summed E-state index contributed by atoms with van der Waals surface area (Å²) in [7, 11) is 2.24. The molecule has 1 rings (SSSR count). The molecule has 1 aliphatic carbocycles. The number of nitrogens with one attached hydrogen (secondary N) is 1. The minimum Gasteiger partial charge on any atom is -0.396 e. The van der Waals surface area contributed by atoms with Crippen molar-refractivity contribution in [3.63, 3.8) is 0 Å². The van der Waals surface area contributed by atoms with Gasteiger partial charge in [0, 0.05) is 19.2 Å². The van der Waals surface area contributed by atoms with Gasteiger partial charge in [-0.15, -0.1) is 0 Å². The SMILES string of the molecule is CCNC1C(CN(C)CCCCCO)CCC1(C)C. The van der Waals surface area contributed by atoms with Crippen LogP contribution >= 0.6 is 0 Å². The van der Waals surface area contributed by atoms with Crippen LogP contribution in [-0.2, 0) is 0 Å². The highest BCUT2D eigenvalue weighted by Crippen LogP contribution is 2.41. The fourth-order valence-electron chi connectivity index (χ4n) is 3.54. The van der Waals surface area contributed by atoms with E-state index in [9.17, 15) is 0 Å². The van der Waals surface area contributed by atoms with Crippen molar-refractivity contribution in [2.45, 2.75) is 58.9 Å². The van der Waals surface area contributed by atoms with Crippen LogP contribution in [0.15, 0.2) is 0 Å². The van der Waals surface area contributed by atoms with Gasteiger partial charge in [-0.05, 0) is 63.6 Å². The van der Waals surface area contributed by atoms with Gasteiger partial charge >= 0.3 is 0 Å². The zero-order valence-electron chi connectivity index (χ0n) is 13.4. The predicted octanol–water partition coefficient (Wildman–Crippen LogP) is 2.50. The lowest BCUT2D eigenvalue weighted by atomic mass is 9.84. The zero-order chi connectivity index (χ0) is 14.3. The first-order valence-electron chi connectivity index (χ1n) is 8.04. The molecule has 114 valence electrons. The van der Waals surface area contributed by atoms with Gasteiger partial charge < -0.3 is 15.3 Å². The molecule has 0 aliphatic heterocycles. The molecular weight excluding hydrogens is 236 g/mol. The molecule has 0 aromatic rings. The second-order valence-electron chi connectivity index (χ2n) is 6.87. The molecule has 0 saturated heterocycles. The molecule has 19 heavy (non-hydrogen) atoms. The monoisotopic (exact) mass is 270 g/mol. The maximum atomic E-state index is 8.79. The molecule has 0 heterocycles. The second kappa shape index (κ2) is 8.23. The highest BCUT2D eigenvalue weighted by molar-refractivity contribution is 4.96. The Balaban J connectivity index is 2.34. The van der Waals surface area contributed by atoms with Crippen LogP contribution in [0.2, 0.25) is 0 Å². The van der Waals surface area contributed by atoms with Gasteiger partial charge in [0.1, 0.15) is 0 Å². The lowest BCUT2D eigenvalue weighted by Gasteiger charge is -2.33. The summed E-state index contributed by atoms with van der Waals surface area (Å²) in [5.74, 6) is 0.790. The lowest BCUT2D eigenvalue weighted by molar-refractivity contribution is 0.202. The van der Waals surface area contributed by atoms with E-state index in [4.69, 9.17) is 5.11 Å². The molecule has 2 N–H and O–H groups in total.